The summed E-state index contributed by atoms with van der Waals surface area (Å²) in [5.74, 6) is -1.19. The zero-order valence-electron chi connectivity index (χ0n) is 15.4. The number of aromatic hydroxyl groups is 1. The first-order valence-corrected chi connectivity index (χ1v) is 8.83. The van der Waals surface area contributed by atoms with Crippen molar-refractivity contribution < 1.29 is 9.90 Å². The van der Waals surface area contributed by atoms with Gasteiger partial charge in [0.05, 0.1) is 17.2 Å². The van der Waals surface area contributed by atoms with E-state index in [4.69, 9.17) is 0 Å². The highest BCUT2D eigenvalue weighted by molar-refractivity contribution is 5.95. The number of hydrogen-bond donors (Lipinski definition) is 4. The van der Waals surface area contributed by atoms with Crippen molar-refractivity contribution in [3.8, 4) is 5.88 Å². The lowest BCUT2D eigenvalue weighted by molar-refractivity contribution is -0.121. The normalized spacial score (nSPS) is 11.3. The number of carbonyl (C=O) groups is 1. The summed E-state index contributed by atoms with van der Waals surface area (Å²) < 4.78 is 1.70. The number of nitrogens with one attached hydrogen (secondary N) is 3. The third kappa shape index (κ3) is 3.37. The van der Waals surface area contributed by atoms with Gasteiger partial charge in [0.2, 0.25) is 5.88 Å². The maximum absolute atomic E-state index is 12.7. The summed E-state index contributed by atoms with van der Waals surface area (Å²) in [6, 6.07) is 13.9. The molecular weight excluding hydrogens is 390 g/mol. The molecule has 0 aliphatic rings. The highest BCUT2D eigenvalue weighted by Crippen LogP contribution is 2.18. The lowest BCUT2D eigenvalue weighted by Crippen LogP contribution is -2.27. The van der Waals surface area contributed by atoms with Crippen LogP contribution < -0.4 is 22.1 Å². The molecule has 1 amide bonds. The Hall–Kier alpha value is -4.47. The number of hydrazone groups is 1. The first-order valence-electron chi connectivity index (χ1n) is 8.83. The quantitative estimate of drug-likeness (QED) is 0.220. The Morgan fingerprint density at radius 1 is 1.00 bits per heavy atom. The summed E-state index contributed by atoms with van der Waals surface area (Å²) in [7, 11) is 0. The fourth-order valence-corrected chi connectivity index (χ4v) is 3.20. The molecule has 2 heterocycles. The Morgan fingerprint density at radius 2 is 1.60 bits per heavy atom. The predicted octanol–water partition coefficient (Wildman–Crippen LogP) is 0.387. The number of amides is 1. The van der Waals surface area contributed by atoms with Gasteiger partial charge in [-0.2, -0.15) is 5.10 Å². The minimum absolute atomic E-state index is 0.122. The molecule has 0 saturated heterocycles. The molecule has 2 aromatic carbocycles. The number of benzene rings is 2. The van der Waals surface area contributed by atoms with Crippen molar-refractivity contribution in [1.82, 2.24) is 20.0 Å². The minimum atomic E-state index is -0.865. The fraction of sp³-hybridized carbons (Fsp3) is 0.0500. The number of para-hydroxylation sites is 2. The smallest absolute Gasteiger partial charge is 0.328 e. The van der Waals surface area contributed by atoms with Crippen LogP contribution in [0.5, 0.6) is 5.88 Å². The van der Waals surface area contributed by atoms with E-state index in [1.807, 2.05) is 9.97 Å². The number of fused-ring (bicyclic) bond motifs is 2. The molecule has 0 aliphatic heterocycles. The van der Waals surface area contributed by atoms with Crippen molar-refractivity contribution in [2.75, 3.05) is 0 Å². The van der Waals surface area contributed by atoms with Crippen LogP contribution in [-0.2, 0) is 11.3 Å². The molecule has 0 atom stereocenters. The van der Waals surface area contributed by atoms with Crippen LogP contribution in [0.25, 0.3) is 21.8 Å². The standard InChI is InChI=1S/C20H15N5O5/c26-16(24-21-9-13-18(28)22-20(30)23-19(13)29)10-25-14-7-3-1-5-11(14)17(27)12-6-2-4-8-15(12)25/h1-9H,10H2,(H,24,26)(H3,22,23,28,29,30)/b21-9+. The van der Waals surface area contributed by atoms with Crippen molar-refractivity contribution in [3.63, 3.8) is 0 Å². The van der Waals surface area contributed by atoms with Crippen LogP contribution in [0.4, 0.5) is 0 Å². The van der Waals surface area contributed by atoms with Gasteiger partial charge in [-0.15, -0.1) is 0 Å². The number of rotatable bonds is 4. The van der Waals surface area contributed by atoms with Gasteiger partial charge in [0, 0.05) is 10.8 Å². The molecule has 0 spiro atoms. The number of carbonyl (C=O) groups excluding carboxylic acids is 1. The van der Waals surface area contributed by atoms with Crippen LogP contribution in [0.1, 0.15) is 5.56 Å². The molecule has 10 nitrogen and oxygen atoms in total. The first kappa shape index (κ1) is 18.9. The Labute approximate surface area is 167 Å². The molecule has 4 rings (SSSR count). The summed E-state index contributed by atoms with van der Waals surface area (Å²) in [6.07, 6.45) is 0.920. The topological polar surface area (TPSA) is 149 Å². The minimum Gasteiger partial charge on any atom is -0.494 e. The van der Waals surface area contributed by atoms with E-state index in [-0.39, 0.29) is 17.5 Å². The third-order valence-corrected chi connectivity index (χ3v) is 4.52. The summed E-state index contributed by atoms with van der Waals surface area (Å²) in [4.78, 5) is 51.9. The monoisotopic (exact) mass is 405 g/mol. The van der Waals surface area contributed by atoms with E-state index in [2.05, 4.69) is 10.5 Å². The van der Waals surface area contributed by atoms with Crippen molar-refractivity contribution >= 4 is 33.9 Å². The van der Waals surface area contributed by atoms with Crippen LogP contribution in [-0.4, -0.2) is 31.8 Å². The number of pyridine rings is 1. The Kier molecular flexibility index (Phi) is 4.72. The lowest BCUT2D eigenvalue weighted by atomic mass is 10.1. The highest BCUT2D eigenvalue weighted by Gasteiger charge is 2.12. The average Bonchev–Trinajstić information content (AvgIpc) is 2.73. The third-order valence-electron chi connectivity index (χ3n) is 4.52. The SMILES string of the molecule is O=C(Cn1c2ccccc2c(=O)c2ccccc21)N/N=C/c1c(O)[nH]c(=O)[nH]c1=O. The highest BCUT2D eigenvalue weighted by atomic mass is 16.3. The maximum atomic E-state index is 12.7. The molecule has 0 fully saturated rings. The number of hydrogen-bond acceptors (Lipinski definition) is 6. The number of nitrogens with zero attached hydrogens (tertiary/aromatic N) is 2. The van der Waals surface area contributed by atoms with Crippen molar-refractivity contribution in [2.24, 2.45) is 5.10 Å². The largest absolute Gasteiger partial charge is 0.494 e. The Morgan fingerprint density at radius 3 is 2.20 bits per heavy atom. The van der Waals surface area contributed by atoms with E-state index in [1.165, 1.54) is 0 Å². The number of aromatic nitrogens is 3. The van der Waals surface area contributed by atoms with E-state index in [9.17, 15) is 24.3 Å². The molecule has 10 heteroatoms. The van der Waals surface area contributed by atoms with Gasteiger partial charge in [-0.25, -0.2) is 10.2 Å². The molecule has 150 valence electrons. The number of aromatic amines is 2. The van der Waals surface area contributed by atoms with Crippen molar-refractivity contribution in [2.45, 2.75) is 6.54 Å². The fourth-order valence-electron chi connectivity index (χ4n) is 3.20. The second kappa shape index (κ2) is 7.51. The molecular formula is C20H15N5O5. The second-order valence-electron chi connectivity index (χ2n) is 6.41. The van der Waals surface area contributed by atoms with Crippen LogP contribution in [0, 0.1) is 0 Å². The van der Waals surface area contributed by atoms with E-state index in [0.29, 0.717) is 21.8 Å². The number of H-pyrrole nitrogens is 2. The molecule has 4 N–H and O–H groups in total. The van der Waals surface area contributed by atoms with Crippen LogP contribution >= 0.6 is 0 Å². The van der Waals surface area contributed by atoms with E-state index in [0.717, 1.165) is 6.21 Å². The van der Waals surface area contributed by atoms with Crippen LogP contribution in [0.2, 0.25) is 0 Å². The first-order chi connectivity index (χ1) is 14.5. The maximum Gasteiger partial charge on any atom is 0.328 e. The molecule has 0 radical (unpaired) electrons. The van der Waals surface area contributed by atoms with Gasteiger partial charge >= 0.3 is 5.69 Å². The van der Waals surface area contributed by atoms with Crippen LogP contribution in [0.15, 0.2) is 68.0 Å². The van der Waals surface area contributed by atoms with Gasteiger partial charge in [0.25, 0.3) is 11.5 Å². The van der Waals surface area contributed by atoms with Gasteiger partial charge in [-0.3, -0.25) is 24.4 Å². The van der Waals surface area contributed by atoms with Gasteiger partial charge < -0.3 is 9.67 Å². The molecule has 0 bridgehead atoms. The second-order valence-corrected chi connectivity index (χ2v) is 6.41. The van der Waals surface area contributed by atoms with Gasteiger partial charge in [0.1, 0.15) is 12.1 Å². The van der Waals surface area contributed by atoms with Crippen molar-refractivity contribution in [1.29, 1.82) is 0 Å². The predicted molar refractivity (Wildman–Crippen MR) is 111 cm³/mol. The summed E-state index contributed by atoms with van der Waals surface area (Å²) in [5.41, 5.74) is 1.30. The summed E-state index contributed by atoms with van der Waals surface area (Å²) in [5, 5.41) is 14.3. The lowest BCUT2D eigenvalue weighted by Gasteiger charge is -2.14. The molecule has 0 aliphatic carbocycles. The molecule has 30 heavy (non-hydrogen) atoms. The zero-order chi connectivity index (χ0) is 21.3. The molecule has 0 saturated carbocycles. The zero-order valence-corrected chi connectivity index (χ0v) is 15.4. The summed E-state index contributed by atoms with van der Waals surface area (Å²) in [6.45, 7) is -0.146. The molecule has 4 aromatic rings. The van der Waals surface area contributed by atoms with E-state index >= 15 is 0 Å². The average molecular weight is 405 g/mol. The summed E-state index contributed by atoms with van der Waals surface area (Å²) >= 11 is 0. The van der Waals surface area contributed by atoms with Gasteiger partial charge in [-0.05, 0) is 24.3 Å². The van der Waals surface area contributed by atoms with Gasteiger partial charge in [-0.1, -0.05) is 24.3 Å². The molecule has 2 aromatic heterocycles. The molecule has 0 unspecified atom stereocenters. The van der Waals surface area contributed by atoms with E-state index in [1.54, 1.807) is 53.1 Å². The van der Waals surface area contributed by atoms with Gasteiger partial charge in [0.15, 0.2) is 5.43 Å². The van der Waals surface area contributed by atoms with E-state index < -0.39 is 23.0 Å². The van der Waals surface area contributed by atoms with Crippen LogP contribution in [0.3, 0.4) is 0 Å². The Balaban J connectivity index is 1.67. The Bertz CT molecular complexity index is 1440. The van der Waals surface area contributed by atoms with Crippen molar-refractivity contribution in [3.05, 3.63) is 85.2 Å².